The highest BCUT2D eigenvalue weighted by atomic mass is 16.5. The van der Waals surface area contributed by atoms with Crippen LogP contribution < -0.4 is 10.3 Å². The summed E-state index contributed by atoms with van der Waals surface area (Å²) >= 11 is 0. The van der Waals surface area contributed by atoms with E-state index in [1.54, 1.807) is 30.5 Å². The normalized spacial score (nSPS) is 9.89. The van der Waals surface area contributed by atoms with E-state index in [9.17, 15) is 4.79 Å². The van der Waals surface area contributed by atoms with Crippen LogP contribution in [0.4, 0.5) is 0 Å². The predicted octanol–water partition coefficient (Wildman–Crippen LogP) is 1.50. The topological polar surface area (TPSA) is 67.9 Å². The molecule has 0 atom stereocenters. The van der Waals surface area contributed by atoms with Gasteiger partial charge in [-0.15, -0.1) is 0 Å². The van der Waals surface area contributed by atoms with Crippen molar-refractivity contribution in [1.82, 2.24) is 9.78 Å². The second-order valence-electron chi connectivity index (χ2n) is 4.08. The SMILES string of the molecule is Cc1cnn(CCOc2cccc(C#N)c2)c(=O)c1. The maximum absolute atomic E-state index is 11.6. The monoisotopic (exact) mass is 255 g/mol. The predicted molar refractivity (Wildman–Crippen MR) is 69.9 cm³/mol. The molecule has 0 radical (unpaired) electrons. The van der Waals surface area contributed by atoms with Gasteiger partial charge in [-0.25, -0.2) is 4.68 Å². The van der Waals surface area contributed by atoms with E-state index in [0.29, 0.717) is 24.5 Å². The Labute approximate surface area is 110 Å². The molecule has 0 bridgehead atoms. The molecule has 0 aliphatic rings. The van der Waals surface area contributed by atoms with E-state index in [0.717, 1.165) is 5.56 Å². The summed E-state index contributed by atoms with van der Waals surface area (Å²) in [6, 6.07) is 10.5. The van der Waals surface area contributed by atoms with Gasteiger partial charge in [-0.1, -0.05) is 6.07 Å². The molecule has 5 heteroatoms. The third-order valence-electron chi connectivity index (χ3n) is 2.54. The van der Waals surface area contributed by atoms with Gasteiger partial charge in [-0.3, -0.25) is 4.79 Å². The summed E-state index contributed by atoms with van der Waals surface area (Å²) in [4.78, 5) is 11.6. The lowest BCUT2D eigenvalue weighted by Crippen LogP contribution is -2.25. The number of aryl methyl sites for hydroxylation is 1. The first-order valence-electron chi connectivity index (χ1n) is 5.86. The number of aromatic nitrogens is 2. The maximum atomic E-state index is 11.6. The van der Waals surface area contributed by atoms with Crippen molar-refractivity contribution in [2.45, 2.75) is 13.5 Å². The molecule has 96 valence electrons. The van der Waals surface area contributed by atoms with Crippen LogP contribution in [-0.2, 0) is 6.54 Å². The molecule has 0 spiro atoms. The fraction of sp³-hybridized carbons (Fsp3) is 0.214. The molecule has 0 N–H and O–H groups in total. The average molecular weight is 255 g/mol. The van der Waals surface area contributed by atoms with Crippen molar-refractivity contribution in [2.24, 2.45) is 0 Å². The summed E-state index contributed by atoms with van der Waals surface area (Å²) in [6.07, 6.45) is 1.64. The lowest BCUT2D eigenvalue weighted by molar-refractivity contribution is 0.287. The van der Waals surface area contributed by atoms with Gasteiger partial charge in [0.05, 0.1) is 24.4 Å². The molecule has 2 rings (SSSR count). The summed E-state index contributed by atoms with van der Waals surface area (Å²) in [5.74, 6) is 0.610. The summed E-state index contributed by atoms with van der Waals surface area (Å²) < 4.78 is 6.84. The van der Waals surface area contributed by atoms with E-state index in [1.165, 1.54) is 10.7 Å². The van der Waals surface area contributed by atoms with Crippen LogP contribution in [0.15, 0.2) is 41.3 Å². The Morgan fingerprint density at radius 1 is 1.42 bits per heavy atom. The molecule has 5 nitrogen and oxygen atoms in total. The Bertz CT molecular complexity index is 671. The molecule has 0 saturated heterocycles. The van der Waals surface area contributed by atoms with Crippen molar-refractivity contribution >= 4 is 0 Å². The van der Waals surface area contributed by atoms with Crippen molar-refractivity contribution < 1.29 is 4.74 Å². The summed E-state index contributed by atoms with van der Waals surface area (Å²) in [5.41, 5.74) is 1.24. The van der Waals surface area contributed by atoms with Gasteiger partial charge in [0, 0.05) is 6.07 Å². The van der Waals surface area contributed by atoms with Gasteiger partial charge in [-0.05, 0) is 30.7 Å². The summed E-state index contributed by atoms with van der Waals surface area (Å²) in [6.45, 7) is 2.52. The first kappa shape index (κ1) is 12.8. The van der Waals surface area contributed by atoms with Crippen molar-refractivity contribution in [2.75, 3.05) is 6.61 Å². The molecule has 0 fully saturated rings. The van der Waals surface area contributed by atoms with E-state index in [2.05, 4.69) is 5.10 Å². The van der Waals surface area contributed by atoms with Crippen LogP contribution in [0.25, 0.3) is 0 Å². The first-order valence-corrected chi connectivity index (χ1v) is 5.86. The number of hydrogen-bond donors (Lipinski definition) is 0. The lowest BCUT2D eigenvalue weighted by Gasteiger charge is -2.07. The quantitative estimate of drug-likeness (QED) is 0.830. The molecular weight excluding hydrogens is 242 g/mol. The Morgan fingerprint density at radius 3 is 3.00 bits per heavy atom. The lowest BCUT2D eigenvalue weighted by atomic mass is 10.2. The minimum atomic E-state index is -0.144. The Kier molecular flexibility index (Phi) is 3.94. The van der Waals surface area contributed by atoms with E-state index in [4.69, 9.17) is 10.00 Å². The molecule has 19 heavy (non-hydrogen) atoms. The van der Waals surface area contributed by atoms with Crippen molar-refractivity contribution in [3.05, 3.63) is 58.0 Å². The number of nitrogens with zero attached hydrogens (tertiary/aromatic N) is 3. The molecule has 1 aromatic carbocycles. The van der Waals surface area contributed by atoms with Crippen LogP contribution in [0.2, 0.25) is 0 Å². The number of hydrogen-bond acceptors (Lipinski definition) is 4. The molecule has 0 aliphatic carbocycles. The van der Waals surface area contributed by atoms with Crippen LogP contribution in [0.5, 0.6) is 5.75 Å². The van der Waals surface area contributed by atoms with Gasteiger partial charge in [-0.2, -0.15) is 10.4 Å². The van der Waals surface area contributed by atoms with Gasteiger partial charge < -0.3 is 4.74 Å². The third-order valence-corrected chi connectivity index (χ3v) is 2.54. The fourth-order valence-electron chi connectivity index (χ4n) is 1.60. The van der Waals surface area contributed by atoms with Gasteiger partial charge in [0.2, 0.25) is 0 Å². The van der Waals surface area contributed by atoms with Crippen molar-refractivity contribution in [3.63, 3.8) is 0 Å². The number of nitriles is 1. The fourth-order valence-corrected chi connectivity index (χ4v) is 1.60. The van der Waals surface area contributed by atoms with Crippen molar-refractivity contribution in [3.8, 4) is 11.8 Å². The second kappa shape index (κ2) is 5.83. The molecular formula is C14H13N3O2. The van der Waals surface area contributed by atoms with Gasteiger partial charge in [0.25, 0.3) is 5.56 Å². The zero-order valence-electron chi connectivity index (χ0n) is 10.5. The summed E-state index contributed by atoms with van der Waals surface area (Å²) in [7, 11) is 0. The van der Waals surface area contributed by atoms with E-state index in [-0.39, 0.29) is 5.56 Å². The highest BCUT2D eigenvalue weighted by Gasteiger charge is 1.99. The second-order valence-corrected chi connectivity index (χ2v) is 4.08. The smallest absolute Gasteiger partial charge is 0.267 e. The molecule has 0 saturated carbocycles. The van der Waals surface area contributed by atoms with Crippen LogP contribution in [0, 0.1) is 18.3 Å². The molecule has 1 aromatic heterocycles. The van der Waals surface area contributed by atoms with Crippen LogP contribution in [-0.4, -0.2) is 16.4 Å². The highest BCUT2D eigenvalue weighted by Crippen LogP contribution is 2.12. The third kappa shape index (κ3) is 3.42. The van der Waals surface area contributed by atoms with E-state index < -0.39 is 0 Å². The number of rotatable bonds is 4. The van der Waals surface area contributed by atoms with Crippen LogP contribution in [0.3, 0.4) is 0 Å². The van der Waals surface area contributed by atoms with Gasteiger partial charge in [0.15, 0.2) is 0 Å². The van der Waals surface area contributed by atoms with Gasteiger partial charge >= 0.3 is 0 Å². The van der Waals surface area contributed by atoms with Gasteiger partial charge in [0.1, 0.15) is 12.4 Å². The Balaban J connectivity index is 1.96. The minimum Gasteiger partial charge on any atom is -0.492 e. The van der Waals surface area contributed by atoms with E-state index >= 15 is 0 Å². The Morgan fingerprint density at radius 2 is 2.26 bits per heavy atom. The highest BCUT2D eigenvalue weighted by molar-refractivity contribution is 5.36. The molecule has 2 aromatic rings. The van der Waals surface area contributed by atoms with Crippen molar-refractivity contribution in [1.29, 1.82) is 5.26 Å². The number of benzene rings is 1. The van der Waals surface area contributed by atoms with Crippen LogP contribution >= 0.6 is 0 Å². The largest absolute Gasteiger partial charge is 0.492 e. The average Bonchev–Trinajstić information content (AvgIpc) is 2.41. The first-order chi connectivity index (χ1) is 9.19. The van der Waals surface area contributed by atoms with E-state index in [1.807, 2.05) is 13.0 Å². The standard InChI is InChI=1S/C14H13N3O2/c1-11-7-14(18)17(16-10-11)5-6-19-13-4-2-3-12(8-13)9-15/h2-4,7-8,10H,5-6H2,1H3. The molecule has 1 heterocycles. The Hall–Kier alpha value is -2.61. The maximum Gasteiger partial charge on any atom is 0.267 e. The van der Waals surface area contributed by atoms with Crippen LogP contribution in [0.1, 0.15) is 11.1 Å². The zero-order valence-corrected chi connectivity index (χ0v) is 10.5. The number of ether oxygens (including phenoxy) is 1. The summed E-state index contributed by atoms with van der Waals surface area (Å²) in [5, 5.41) is 12.8. The molecule has 0 unspecified atom stereocenters. The molecule has 0 aliphatic heterocycles. The minimum absolute atomic E-state index is 0.144. The molecule has 0 amide bonds. The zero-order chi connectivity index (χ0) is 13.7.